The number of carbonyl (C=O) groups excluding carboxylic acids is 4. The highest BCUT2D eigenvalue weighted by Crippen LogP contribution is 2.45. The van der Waals surface area contributed by atoms with Crippen LogP contribution in [0.15, 0.2) is 123 Å². The summed E-state index contributed by atoms with van der Waals surface area (Å²) in [7, 11) is 0. The highest BCUT2D eigenvalue weighted by atomic mass is 16.6. The first-order chi connectivity index (χ1) is 26.9. The van der Waals surface area contributed by atoms with E-state index in [1.165, 1.54) is 12.2 Å². The van der Waals surface area contributed by atoms with Gasteiger partial charge in [0.15, 0.2) is 10.8 Å². The first-order valence-electron chi connectivity index (χ1n) is 18.0. The van der Waals surface area contributed by atoms with E-state index in [-0.39, 0.29) is 44.5 Å². The van der Waals surface area contributed by atoms with Gasteiger partial charge < -0.3 is 19.5 Å². The maximum Gasteiger partial charge on any atom is 0.324 e. The van der Waals surface area contributed by atoms with Crippen LogP contribution in [0.5, 0.6) is 0 Å². The van der Waals surface area contributed by atoms with E-state index < -0.39 is 51.0 Å². The van der Waals surface area contributed by atoms with Crippen LogP contribution in [-0.4, -0.2) is 66.6 Å². The number of rotatable bonds is 17. The zero-order valence-electron chi connectivity index (χ0n) is 31.9. The molecule has 3 aromatic carbocycles. The summed E-state index contributed by atoms with van der Waals surface area (Å²) in [6, 6.07) is 27.1. The summed E-state index contributed by atoms with van der Waals surface area (Å²) in [5.74, 6) is -3.70. The zero-order chi connectivity index (χ0) is 41.6. The highest BCUT2D eigenvalue weighted by molar-refractivity contribution is 6.06. The Labute approximate surface area is 326 Å². The van der Waals surface area contributed by atoms with Crippen molar-refractivity contribution >= 4 is 29.9 Å². The number of amides is 1. The van der Waals surface area contributed by atoms with Crippen LogP contribution in [0.3, 0.4) is 0 Å². The molecule has 0 aromatic heterocycles. The second kappa shape index (κ2) is 23.4. The van der Waals surface area contributed by atoms with Gasteiger partial charge in [0.05, 0.1) is 30.7 Å². The topological polar surface area (TPSA) is 194 Å². The molecule has 56 heavy (non-hydrogen) atoms. The summed E-state index contributed by atoms with van der Waals surface area (Å²) in [5.41, 5.74) is -0.770. The molecule has 298 valence electrons. The van der Waals surface area contributed by atoms with Crippen LogP contribution in [0, 0.1) is 31.1 Å². The molecule has 4 rings (SSSR count). The fourth-order valence-electron chi connectivity index (χ4n) is 6.33. The van der Waals surface area contributed by atoms with Gasteiger partial charge in [-0.1, -0.05) is 103 Å². The van der Waals surface area contributed by atoms with Gasteiger partial charge in [-0.2, -0.15) is 0 Å². The molecule has 1 amide bonds. The number of hydrogen-bond donors (Lipinski definition) is 1. The van der Waals surface area contributed by atoms with Gasteiger partial charge in [0, 0.05) is 23.5 Å². The van der Waals surface area contributed by atoms with E-state index in [9.17, 15) is 39.4 Å². The predicted molar refractivity (Wildman–Crippen MR) is 210 cm³/mol. The number of nitrogens with one attached hydrogen (secondary N) is 1. The number of benzene rings is 3. The number of esters is 3. The molecule has 1 aliphatic rings. The van der Waals surface area contributed by atoms with Crippen LogP contribution in [0.4, 0.5) is 0 Å². The number of ether oxygens (including phenoxy) is 3. The molecule has 0 saturated carbocycles. The van der Waals surface area contributed by atoms with Gasteiger partial charge in [-0.05, 0) is 50.3 Å². The van der Waals surface area contributed by atoms with E-state index >= 15 is 0 Å². The summed E-state index contributed by atoms with van der Waals surface area (Å²) in [5, 5.41) is 24.0. The smallest absolute Gasteiger partial charge is 0.324 e. The number of nitro groups is 2. The van der Waals surface area contributed by atoms with Gasteiger partial charge in [0.2, 0.25) is 18.7 Å². The molecular formula is C42H49N3O11. The molecule has 0 spiro atoms. The Bertz CT molecular complexity index is 1780. The Morgan fingerprint density at radius 2 is 1.36 bits per heavy atom. The summed E-state index contributed by atoms with van der Waals surface area (Å²) < 4.78 is 15.4. The van der Waals surface area contributed by atoms with Gasteiger partial charge in [0.1, 0.15) is 0 Å². The molecule has 3 atom stereocenters. The predicted octanol–water partition coefficient (Wildman–Crippen LogP) is 6.70. The third-order valence-corrected chi connectivity index (χ3v) is 8.84. The minimum atomic E-state index is -1.86. The Hall–Kier alpha value is -6.44. The first kappa shape index (κ1) is 45.7. The van der Waals surface area contributed by atoms with Crippen molar-refractivity contribution in [3.63, 3.8) is 0 Å². The molecular weight excluding hydrogens is 722 g/mol. The van der Waals surface area contributed by atoms with E-state index in [0.29, 0.717) is 12.1 Å². The van der Waals surface area contributed by atoms with Crippen LogP contribution in [0.25, 0.3) is 6.08 Å². The summed E-state index contributed by atoms with van der Waals surface area (Å²) in [4.78, 5) is 70.4. The Kier molecular flexibility index (Phi) is 19.1. The first-order valence-corrected chi connectivity index (χ1v) is 18.0. The molecule has 1 unspecified atom stereocenters. The molecule has 14 nitrogen and oxygen atoms in total. The van der Waals surface area contributed by atoms with E-state index in [0.717, 1.165) is 17.3 Å². The van der Waals surface area contributed by atoms with Crippen LogP contribution >= 0.6 is 0 Å². The molecule has 0 aliphatic carbocycles. The van der Waals surface area contributed by atoms with Crippen LogP contribution in [0.1, 0.15) is 62.1 Å². The second-order valence-electron chi connectivity index (χ2n) is 12.3. The van der Waals surface area contributed by atoms with E-state index in [1.807, 2.05) is 48.5 Å². The maximum atomic E-state index is 12.8. The molecule has 1 heterocycles. The van der Waals surface area contributed by atoms with Crippen molar-refractivity contribution in [1.82, 2.24) is 5.32 Å². The lowest BCUT2D eigenvalue weighted by Crippen LogP contribution is -2.48. The molecule has 14 heteroatoms. The van der Waals surface area contributed by atoms with Gasteiger partial charge in [-0.3, -0.25) is 39.4 Å². The lowest BCUT2D eigenvalue weighted by atomic mass is 9.69. The minimum absolute atomic E-state index is 0.0388. The molecule has 0 radical (unpaired) electrons. The van der Waals surface area contributed by atoms with Crippen molar-refractivity contribution in [3.05, 3.63) is 159 Å². The largest absolute Gasteiger partial charge is 0.465 e. The molecule has 1 fully saturated rings. The van der Waals surface area contributed by atoms with Crippen LogP contribution in [0.2, 0.25) is 0 Å². The zero-order valence-corrected chi connectivity index (χ0v) is 31.9. The third kappa shape index (κ3) is 12.0. The molecule has 1 aliphatic heterocycles. The van der Waals surface area contributed by atoms with E-state index in [2.05, 4.69) is 18.5 Å². The Balaban J connectivity index is 0.000000311. The van der Waals surface area contributed by atoms with E-state index in [4.69, 9.17) is 14.2 Å². The normalized spacial score (nSPS) is 16.3. The molecule has 3 aromatic rings. The minimum Gasteiger partial charge on any atom is -0.465 e. The summed E-state index contributed by atoms with van der Waals surface area (Å²) >= 11 is 0. The summed E-state index contributed by atoms with van der Waals surface area (Å²) in [6.07, 6.45) is 5.52. The SMILES string of the molecule is C=CCC(C(=O)OCC)(C(=O)OCC)C(C[N+](=O)[O-])c1ccccc1.C=CC[C@@]1(C(=O)OCC)C(=O)NC[C@H]1c1ccccc1.O=[N+]([O-])/C=C/c1ccccc1. The monoisotopic (exact) mass is 771 g/mol. The van der Waals surface area contributed by atoms with Crippen molar-refractivity contribution < 1.29 is 43.2 Å². The van der Waals surface area contributed by atoms with Crippen molar-refractivity contribution in [2.45, 2.75) is 45.4 Å². The lowest BCUT2D eigenvalue weighted by Gasteiger charge is -2.33. The standard InChI is InChI=1S/C18H23NO6.C16H19NO3.C8H7NO2/c1-4-12-18(16(20)24-5-2,17(21)25-6-3)15(13-19(22)23)14-10-8-7-9-11-14;1-3-10-16(15(19)20-4-2)13(11-17-14(16)18)12-8-6-5-7-9-12;10-9(11)7-6-8-4-2-1-3-5-8/h4,7-11,15H,1,5-6,12-13H2,2-3H3;3,5-9,13H,1,4,10-11H2,2H3,(H,17,18);1-7H/b;;7-6+/t;13-,16-;/m.0./s1. The highest BCUT2D eigenvalue weighted by Gasteiger charge is 2.57. The lowest BCUT2D eigenvalue weighted by molar-refractivity contribution is -0.485. The third-order valence-electron chi connectivity index (χ3n) is 8.84. The fourth-order valence-corrected chi connectivity index (χ4v) is 6.33. The average Bonchev–Trinajstić information content (AvgIpc) is 3.53. The van der Waals surface area contributed by atoms with E-state index in [1.54, 1.807) is 69.3 Å². The average molecular weight is 772 g/mol. The molecule has 0 bridgehead atoms. The van der Waals surface area contributed by atoms with Gasteiger partial charge in [0.25, 0.3) is 0 Å². The number of carbonyl (C=O) groups is 4. The molecule has 1 N–H and O–H groups in total. The Morgan fingerprint density at radius 1 is 0.839 bits per heavy atom. The number of allylic oxidation sites excluding steroid dienone is 2. The quantitative estimate of drug-likeness (QED) is 0.0383. The second-order valence-corrected chi connectivity index (χ2v) is 12.3. The van der Waals surface area contributed by atoms with Crippen molar-refractivity contribution in [2.75, 3.05) is 32.9 Å². The number of nitrogens with zero attached hydrogens (tertiary/aromatic N) is 2. The Morgan fingerprint density at radius 3 is 1.82 bits per heavy atom. The summed E-state index contributed by atoms with van der Waals surface area (Å²) in [6.45, 7) is 12.4. The maximum absolute atomic E-state index is 12.8. The van der Waals surface area contributed by atoms with Gasteiger partial charge >= 0.3 is 17.9 Å². The van der Waals surface area contributed by atoms with Gasteiger partial charge in [-0.15, -0.1) is 13.2 Å². The molecule has 1 saturated heterocycles. The van der Waals surface area contributed by atoms with Crippen molar-refractivity contribution in [3.8, 4) is 0 Å². The van der Waals surface area contributed by atoms with Crippen molar-refractivity contribution in [1.29, 1.82) is 0 Å². The van der Waals surface area contributed by atoms with Crippen LogP contribution < -0.4 is 5.32 Å². The van der Waals surface area contributed by atoms with Crippen molar-refractivity contribution in [2.24, 2.45) is 10.8 Å². The number of hydrogen-bond acceptors (Lipinski definition) is 11. The van der Waals surface area contributed by atoms with Gasteiger partial charge in [-0.25, -0.2) is 0 Å². The fraction of sp³-hybridized carbons (Fsp3) is 0.333. The van der Waals surface area contributed by atoms with Crippen LogP contribution in [-0.2, 0) is 33.4 Å².